The molecule has 2 N–H and O–H groups in total. The van der Waals surface area contributed by atoms with Crippen LogP contribution in [0.15, 0.2) is 30.3 Å². The van der Waals surface area contributed by atoms with E-state index in [1.165, 1.54) is 5.56 Å². The molecule has 2 rings (SSSR count). The quantitative estimate of drug-likeness (QED) is 0.884. The van der Waals surface area contributed by atoms with Gasteiger partial charge in [-0.2, -0.15) is 0 Å². The number of hydrogen-bond acceptors (Lipinski definition) is 3. The van der Waals surface area contributed by atoms with E-state index in [-0.39, 0.29) is 11.8 Å². The predicted molar refractivity (Wildman–Crippen MR) is 81.6 cm³/mol. The molecule has 0 saturated carbocycles. The summed E-state index contributed by atoms with van der Waals surface area (Å²) in [6.45, 7) is 3.93. The lowest BCUT2D eigenvalue weighted by atomic mass is 10.0. The highest BCUT2D eigenvalue weighted by atomic mass is 16.2. The van der Waals surface area contributed by atoms with Crippen LogP contribution in [0.1, 0.15) is 18.9 Å². The molecule has 1 saturated heterocycles. The summed E-state index contributed by atoms with van der Waals surface area (Å²) < 4.78 is 0. The zero-order valence-corrected chi connectivity index (χ0v) is 12.5. The average molecular weight is 289 g/mol. The van der Waals surface area contributed by atoms with Crippen molar-refractivity contribution < 1.29 is 9.59 Å². The molecule has 1 aliphatic rings. The van der Waals surface area contributed by atoms with Gasteiger partial charge in [-0.05, 0) is 18.4 Å². The van der Waals surface area contributed by atoms with Crippen LogP contribution in [-0.4, -0.2) is 53.8 Å². The Balaban J connectivity index is 1.79. The van der Waals surface area contributed by atoms with Gasteiger partial charge in [-0.1, -0.05) is 30.3 Å². The predicted octanol–water partition coefficient (Wildman–Crippen LogP) is 0.637. The molecular weight excluding hydrogens is 266 g/mol. The van der Waals surface area contributed by atoms with Crippen molar-refractivity contribution >= 4 is 11.8 Å². The summed E-state index contributed by atoms with van der Waals surface area (Å²) >= 11 is 0. The van der Waals surface area contributed by atoms with Crippen LogP contribution in [0.25, 0.3) is 0 Å². The molecule has 0 radical (unpaired) electrons. The van der Waals surface area contributed by atoms with Crippen LogP contribution >= 0.6 is 0 Å². The normalized spacial score (nSPS) is 16.7. The van der Waals surface area contributed by atoms with Gasteiger partial charge in [0.05, 0.1) is 6.04 Å². The fraction of sp³-hybridized carbons (Fsp3) is 0.500. The van der Waals surface area contributed by atoms with Crippen molar-refractivity contribution in [2.75, 3.05) is 26.2 Å². The third-order valence-electron chi connectivity index (χ3n) is 3.94. The van der Waals surface area contributed by atoms with Crippen LogP contribution in [-0.2, 0) is 16.0 Å². The van der Waals surface area contributed by atoms with Crippen molar-refractivity contribution in [1.29, 1.82) is 0 Å². The van der Waals surface area contributed by atoms with Crippen molar-refractivity contribution in [2.45, 2.75) is 25.8 Å². The Morgan fingerprint density at radius 1 is 1.10 bits per heavy atom. The molecule has 1 fully saturated rings. The molecule has 1 unspecified atom stereocenters. The van der Waals surface area contributed by atoms with Gasteiger partial charge in [0.1, 0.15) is 0 Å². The molecule has 0 aliphatic carbocycles. The summed E-state index contributed by atoms with van der Waals surface area (Å²) in [6, 6.07) is 9.58. The summed E-state index contributed by atoms with van der Waals surface area (Å²) in [7, 11) is 0. The van der Waals surface area contributed by atoms with Gasteiger partial charge in [0.25, 0.3) is 0 Å². The van der Waals surface area contributed by atoms with E-state index < -0.39 is 6.04 Å². The molecule has 0 spiro atoms. The summed E-state index contributed by atoms with van der Waals surface area (Å²) in [4.78, 5) is 27.1. The monoisotopic (exact) mass is 289 g/mol. The van der Waals surface area contributed by atoms with Crippen LogP contribution in [0.2, 0.25) is 0 Å². The molecule has 0 aromatic heterocycles. The number of piperazine rings is 1. The lowest BCUT2D eigenvalue weighted by Gasteiger charge is -2.35. The molecule has 1 heterocycles. The van der Waals surface area contributed by atoms with Crippen LogP contribution in [0, 0.1) is 0 Å². The van der Waals surface area contributed by atoms with Crippen LogP contribution in [0.5, 0.6) is 0 Å². The fourth-order valence-corrected chi connectivity index (χ4v) is 2.57. The number of carbonyl (C=O) groups is 2. The number of hydrogen-bond donors (Lipinski definition) is 1. The number of aryl methyl sites for hydroxylation is 1. The minimum absolute atomic E-state index is 0.00543. The molecule has 114 valence electrons. The highest BCUT2D eigenvalue weighted by Gasteiger charge is 2.25. The van der Waals surface area contributed by atoms with Crippen LogP contribution < -0.4 is 5.73 Å². The number of carbonyl (C=O) groups excluding carboxylic acids is 2. The van der Waals surface area contributed by atoms with Gasteiger partial charge in [0.15, 0.2) is 0 Å². The first-order valence-electron chi connectivity index (χ1n) is 7.41. The molecule has 5 nitrogen and oxygen atoms in total. The van der Waals surface area contributed by atoms with E-state index in [0.29, 0.717) is 32.6 Å². The highest BCUT2D eigenvalue weighted by molar-refractivity contribution is 5.82. The molecule has 1 atom stereocenters. The summed E-state index contributed by atoms with van der Waals surface area (Å²) in [5.74, 6) is 0.0598. The SMILES string of the molecule is CC(=O)N1CCN(C(=O)C(N)CCc2ccccc2)CC1. The summed E-state index contributed by atoms with van der Waals surface area (Å²) in [5.41, 5.74) is 7.22. The van der Waals surface area contributed by atoms with E-state index in [1.54, 1.807) is 16.7 Å². The topological polar surface area (TPSA) is 66.6 Å². The van der Waals surface area contributed by atoms with Gasteiger partial charge in [-0.15, -0.1) is 0 Å². The van der Waals surface area contributed by atoms with Crippen molar-refractivity contribution in [3.63, 3.8) is 0 Å². The lowest BCUT2D eigenvalue weighted by molar-refractivity contribution is -0.139. The molecular formula is C16H23N3O2. The Bertz CT molecular complexity index is 482. The smallest absolute Gasteiger partial charge is 0.239 e. The van der Waals surface area contributed by atoms with Crippen LogP contribution in [0.4, 0.5) is 0 Å². The number of rotatable bonds is 4. The van der Waals surface area contributed by atoms with E-state index in [4.69, 9.17) is 5.73 Å². The van der Waals surface area contributed by atoms with E-state index in [1.807, 2.05) is 30.3 Å². The first kappa shape index (κ1) is 15.5. The third kappa shape index (κ3) is 4.29. The Morgan fingerprint density at radius 2 is 1.67 bits per heavy atom. The van der Waals surface area contributed by atoms with Crippen molar-refractivity contribution in [1.82, 2.24) is 9.80 Å². The van der Waals surface area contributed by atoms with Crippen molar-refractivity contribution in [3.05, 3.63) is 35.9 Å². The van der Waals surface area contributed by atoms with Crippen LogP contribution in [0.3, 0.4) is 0 Å². The van der Waals surface area contributed by atoms with Gasteiger partial charge >= 0.3 is 0 Å². The number of benzene rings is 1. The van der Waals surface area contributed by atoms with Gasteiger partial charge in [0, 0.05) is 33.1 Å². The first-order valence-corrected chi connectivity index (χ1v) is 7.41. The third-order valence-corrected chi connectivity index (χ3v) is 3.94. The molecule has 1 aromatic rings. The lowest BCUT2D eigenvalue weighted by Crippen LogP contribution is -2.54. The molecule has 2 amide bonds. The van der Waals surface area contributed by atoms with E-state index in [2.05, 4.69) is 0 Å². The largest absolute Gasteiger partial charge is 0.339 e. The maximum atomic E-state index is 12.3. The molecule has 1 aliphatic heterocycles. The Hall–Kier alpha value is -1.88. The Labute approximate surface area is 125 Å². The fourth-order valence-electron chi connectivity index (χ4n) is 2.57. The van der Waals surface area contributed by atoms with E-state index in [0.717, 1.165) is 6.42 Å². The molecule has 1 aromatic carbocycles. The van der Waals surface area contributed by atoms with E-state index in [9.17, 15) is 9.59 Å². The molecule has 0 bridgehead atoms. The zero-order valence-electron chi connectivity index (χ0n) is 12.5. The Kier molecular flexibility index (Phi) is 5.33. The second-order valence-corrected chi connectivity index (χ2v) is 5.46. The van der Waals surface area contributed by atoms with Crippen molar-refractivity contribution in [3.8, 4) is 0 Å². The minimum Gasteiger partial charge on any atom is -0.339 e. The standard InChI is InChI=1S/C16H23N3O2/c1-13(20)18-9-11-19(12-10-18)16(21)15(17)8-7-14-5-3-2-4-6-14/h2-6,15H,7-12,17H2,1H3. The highest BCUT2D eigenvalue weighted by Crippen LogP contribution is 2.08. The second kappa shape index (κ2) is 7.22. The molecule has 5 heteroatoms. The minimum atomic E-state index is -0.464. The second-order valence-electron chi connectivity index (χ2n) is 5.46. The van der Waals surface area contributed by atoms with Gasteiger partial charge < -0.3 is 15.5 Å². The number of nitrogens with two attached hydrogens (primary N) is 1. The maximum Gasteiger partial charge on any atom is 0.239 e. The van der Waals surface area contributed by atoms with E-state index >= 15 is 0 Å². The van der Waals surface area contributed by atoms with Gasteiger partial charge in [-0.25, -0.2) is 0 Å². The van der Waals surface area contributed by atoms with Gasteiger partial charge in [0.2, 0.25) is 11.8 Å². The maximum absolute atomic E-state index is 12.3. The van der Waals surface area contributed by atoms with Gasteiger partial charge in [-0.3, -0.25) is 9.59 Å². The molecule has 21 heavy (non-hydrogen) atoms. The zero-order chi connectivity index (χ0) is 15.2. The average Bonchev–Trinajstić information content (AvgIpc) is 2.53. The number of nitrogens with zero attached hydrogens (tertiary/aromatic N) is 2. The summed E-state index contributed by atoms with van der Waals surface area (Å²) in [6.07, 6.45) is 1.46. The summed E-state index contributed by atoms with van der Waals surface area (Å²) in [5, 5.41) is 0. The Morgan fingerprint density at radius 3 is 2.24 bits per heavy atom. The first-order chi connectivity index (χ1) is 10.1. The number of amides is 2. The van der Waals surface area contributed by atoms with Crippen molar-refractivity contribution in [2.24, 2.45) is 5.73 Å².